The van der Waals surface area contributed by atoms with Crippen LogP contribution in [0.4, 0.5) is 43.8 Å². The van der Waals surface area contributed by atoms with Gasteiger partial charge in [0.1, 0.15) is 28.5 Å². The van der Waals surface area contributed by atoms with Crippen LogP contribution >= 0.6 is 0 Å². The van der Waals surface area contributed by atoms with E-state index in [4.69, 9.17) is 4.74 Å². The molecule has 3 amide bonds. The Bertz CT molecular complexity index is 1630. The first-order valence-electron chi connectivity index (χ1n) is 12.9. The van der Waals surface area contributed by atoms with E-state index < -0.39 is 52.1 Å². The minimum absolute atomic E-state index is 0.123. The highest BCUT2D eigenvalue weighted by Crippen LogP contribution is 2.39. The van der Waals surface area contributed by atoms with Gasteiger partial charge in [0.2, 0.25) is 0 Å². The van der Waals surface area contributed by atoms with E-state index in [0.717, 1.165) is 17.0 Å². The number of halogens is 5. The summed E-state index contributed by atoms with van der Waals surface area (Å²) >= 11 is 0. The Morgan fingerprint density at radius 3 is 2.33 bits per heavy atom. The summed E-state index contributed by atoms with van der Waals surface area (Å²) in [5.41, 5.74) is -2.82. The molecule has 0 aliphatic carbocycles. The molecular weight excluding hydrogens is 561 g/mol. The van der Waals surface area contributed by atoms with Crippen molar-refractivity contribution in [3.63, 3.8) is 0 Å². The molecule has 1 fully saturated rings. The van der Waals surface area contributed by atoms with Crippen LogP contribution in [0.1, 0.15) is 55.6 Å². The van der Waals surface area contributed by atoms with Crippen LogP contribution in [-0.4, -0.2) is 33.8 Å². The predicted octanol–water partition coefficient (Wildman–Crippen LogP) is 7.22. The first-order valence-corrected chi connectivity index (χ1v) is 12.9. The third-order valence-corrected chi connectivity index (χ3v) is 7.27. The van der Waals surface area contributed by atoms with Gasteiger partial charge in [0, 0.05) is 11.4 Å². The molecule has 0 spiro atoms. The topological polar surface area (TPSA) is 79.0 Å². The molecule has 2 aliphatic rings. The van der Waals surface area contributed by atoms with Crippen LogP contribution in [0.3, 0.4) is 0 Å². The number of hydrogen-bond acceptors (Lipinski definition) is 5. The second-order valence-corrected chi connectivity index (χ2v) is 11.3. The van der Waals surface area contributed by atoms with Gasteiger partial charge in [-0.2, -0.15) is 13.2 Å². The van der Waals surface area contributed by atoms with Crippen molar-refractivity contribution in [2.45, 2.75) is 58.0 Å². The largest absolute Gasteiger partial charge is 0.487 e. The third kappa shape index (κ3) is 5.17. The lowest BCUT2D eigenvalue weighted by molar-refractivity contribution is -0.140. The molecule has 7 nitrogen and oxygen atoms in total. The molecule has 0 bridgehead atoms. The van der Waals surface area contributed by atoms with Crippen molar-refractivity contribution in [1.29, 1.82) is 0 Å². The molecule has 1 N–H and O–H groups in total. The third-order valence-electron chi connectivity index (χ3n) is 7.27. The number of imide groups is 1. The Morgan fingerprint density at radius 1 is 0.929 bits per heavy atom. The van der Waals surface area contributed by atoms with Crippen molar-refractivity contribution in [2.24, 2.45) is 0 Å². The van der Waals surface area contributed by atoms with Gasteiger partial charge in [-0.05, 0) is 81.8 Å². The van der Waals surface area contributed by atoms with Gasteiger partial charge in [-0.15, -0.1) is 0 Å². The van der Waals surface area contributed by atoms with Crippen LogP contribution in [0, 0.1) is 11.6 Å². The molecule has 2 aliphatic heterocycles. The smallest absolute Gasteiger partial charge is 0.419 e. The van der Waals surface area contributed by atoms with Crippen LogP contribution in [0.5, 0.6) is 5.75 Å². The molecule has 1 saturated heterocycles. The molecule has 12 heteroatoms. The maximum atomic E-state index is 14.3. The lowest BCUT2D eigenvalue weighted by Crippen LogP contribution is -2.43. The van der Waals surface area contributed by atoms with Gasteiger partial charge in [-0.1, -0.05) is 6.07 Å². The highest BCUT2D eigenvalue weighted by atomic mass is 19.4. The highest BCUT2D eigenvalue weighted by molar-refractivity contribution is 6.23. The Balaban J connectivity index is 1.46. The minimum atomic E-state index is -5.04. The number of rotatable bonds is 5. The Morgan fingerprint density at radius 2 is 1.64 bits per heavy atom. The number of ketones is 1. The monoisotopic (exact) mass is 587 g/mol. The van der Waals surface area contributed by atoms with Gasteiger partial charge in [0.25, 0.3) is 5.91 Å². The van der Waals surface area contributed by atoms with E-state index in [-0.39, 0.29) is 24.4 Å². The summed E-state index contributed by atoms with van der Waals surface area (Å²) in [5, 5.41) is 3.05. The van der Waals surface area contributed by atoms with Gasteiger partial charge in [-0.3, -0.25) is 9.59 Å². The van der Waals surface area contributed by atoms with Crippen LogP contribution in [0.2, 0.25) is 0 Å². The standard InChI is InChI=1S/C30H26F5N3O4/c1-28(2)14-24(39)20-12-18(7-10-25(20)42-28)36-23-11-17(31)6-5-16(23)15-37-27(41)38(26(40)29(37,3)4)19-8-9-22(32)21(13-19)30(33,34)35/h5-13,36H,14-15H2,1-4H3. The molecule has 3 aromatic carbocycles. The highest BCUT2D eigenvalue weighted by Gasteiger charge is 2.52. The number of nitrogens with one attached hydrogen (secondary N) is 1. The number of hydrogen-bond donors (Lipinski definition) is 1. The van der Waals surface area contributed by atoms with Crippen LogP contribution in [-0.2, 0) is 17.5 Å². The number of carbonyl (C=O) groups is 3. The van der Waals surface area contributed by atoms with E-state index >= 15 is 0 Å². The summed E-state index contributed by atoms with van der Waals surface area (Å²) in [7, 11) is 0. The van der Waals surface area contributed by atoms with E-state index in [1.807, 2.05) is 0 Å². The SMILES string of the molecule is CC1(C)CC(=O)c2cc(Nc3cc(F)ccc3CN3C(=O)N(c4ccc(F)c(C(F)(F)F)c4)C(=O)C3(C)C)ccc2O1. The number of nitrogens with zero attached hydrogens (tertiary/aromatic N) is 2. The van der Waals surface area contributed by atoms with Crippen molar-refractivity contribution in [3.8, 4) is 5.75 Å². The Kier molecular flexibility index (Phi) is 6.78. The Labute approximate surface area is 237 Å². The zero-order valence-corrected chi connectivity index (χ0v) is 23.0. The van der Waals surface area contributed by atoms with E-state index in [9.17, 15) is 36.3 Å². The van der Waals surface area contributed by atoms with Crippen LogP contribution in [0.25, 0.3) is 0 Å². The fourth-order valence-electron chi connectivity index (χ4n) is 5.06. The zero-order valence-electron chi connectivity index (χ0n) is 23.0. The first-order chi connectivity index (χ1) is 19.5. The van der Waals surface area contributed by atoms with E-state index in [2.05, 4.69) is 5.32 Å². The van der Waals surface area contributed by atoms with E-state index in [1.165, 1.54) is 26.0 Å². The fourth-order valence-corrected chi connectivity index (χ4v) is 5.06. The van der Waals surface area contributed by atoms with Gasteiger partial charge in [-0.25, -0.2) is 18.5 Å². The second-order valence-electron chi connectivity index (χ2n) is 11.3. The summed E-state index contributed by atoms with van der Waals surface area (Å²) in [6, 6.07) is 9.54. The zero-order chi connectivity index (χ0) is 30.8. The predicted molar refractivity (Wildman–Crippen MR) is 144 cm³/mol. The summed E-state index contributed by atoms with van der Waals surface area (Å²) in [6.45, 7) is 6.23. The van der Waals surface area contributed by atoms with Crippen LogP contribution < -0.4 is 15.0 Å². The number of anilines is 3. The molecule has 0 radical (unpaired) electrons. The fraction of sp³-hybridized carbons (Fsp3) is 0.300. The normalized spacial score (nSPS) is 17.8. The van der Waals surface area contributed by atoms with Crippen molar-refractivity contribution in [3.05, 3.63) is 82.9 Å². The van der Waals surface area contributed by atoms with Crippen molar-refractivity contribution in [2.75, 3.05) is 10.2 Å². The average molecular weight is 588 g/mol. The molecule has 0 aromatic heterocycles. The lowest BCUT2D eigenvalue weighted by atomic mass is 9.93. The number of fused-ring (bicyclic) bond motifs is 1. The molecule has 5 rings (SSSR count). The number of benzene rings is 3. The number of carbonyl (C=O) groups excluding carboxylic acids is 3. The number of amides is 3. The number of alkyl halides is 3. The van der Waals surface area contributed by atoms with Gasteiger partial charge >= 0.3 is 12.2 Å². The number of Topliss-reactive ketones (excluding diaryl/α,β-unsaturated/α-hetero) is 1. The van der Waals surface area contributed by atoms with Crippen molar-refractivity contribution < 1.29 is 41.1 Å². The maximum absolute atomic E-state index is 14.3. The number of ether oxygens (including phenoxy) is 1. The van der Waals surface area contributed by atoms with E-state index in [1.54, 1.807) is 32.0 Å². The molecule has 3 aromatic rings. The molecular formula is C30H26F5N3O4. The second kappa shape index (κ2) is 9.81. The van der Waals surface area contributed by atoms with Crippen molar-refractivity contribution in [1.82, 2.24) is 4.90 Å². The quantitative estimate of drug-likeness (QED) is 0.252. The number of urea groups is 1. The van der Waals surface area contributed by atoms with E-state index in [0.29, 0.717) is 39.6 Å². The maximum Gasteiger partial charge on any atom is 0.419 e. The molecule has 0 atom stereocenters. The van der Waals surface area contributed by atoms with Gasteiger partial charge in [0.05, 0.1) is 29.8 Å². The van der Waals surface area contributed by atoms with Crippen molar-refractivity contribution >= 4 is 34.8 Å². The summed E-state index contributed by atoms with van der Waals surface area (Å²) < 4.78 is 74.1. The average Bonchev–Trinajstić information content (AvgIpc) is 3.04. The molecule has 0 saturated carbocycles. The summed E-state index contributed by atoms with van der Waals surface area (Å²) in [6.07, 6.45) is -4.87. The van der Waals surface area contributed by atoms with Gasteiger partial charge in [0.15, 0.2) is 5.78 Å². The van der Waals surface area contributed by atoms with Crippen LogP contribution in [0.15, 0.2) is 54.6 Å². The first kappa shape index (κ1) is 29.0. The van der Waals surface area contributed by atoms with Gasteiger partial charge < -0.3 is 15.0 Å². The summed E-state index contributed by atoms with van der Waals surface area (Å²) in [4.78, 5) is 41.2. The molecule has 42 heavy (non-hydrogen) atoms. The Hall–Kier alpha value is -4.48. The minimum Gasteiger partial charge on any atom is -0.487 e. The molecule has 220 valence electrons. The molecule has 2 heterocycles. The lowest BCUT2D eigenvalue weighted by Gasteiger charge is -2.32. The summed E-state index contributed by atoms with van der Waals surface area (Å²) in [5.74, 6) is -2.67. The molecule has 0 unspecified atom stereocenters.